The molecule has 1 aromatic carbocycles. The molecule has 3 rings (SSSR count). The number of likely N-dealkylation sites (tertiary alicyclic amines) is 1. The Balaban J connectivity index is 1.46. The zero-order valence-corrected chi connectivity index (χ0v) is 17.2. The maximum Gasteiger partial charge on any atom is 0.0677 e. The third kappa shape index (κ3) is 5.55. The zero-order valence-electron chi connectivity index (χ0n) is 16.4. The molecule has 0 unspecified atom stereocenters. The van der Waals surface area contributed by atoms with E-state index in [2.05, 4.69) is 30.1 Å². The topological polar surface area (TPSA) is 53.3 Å². The van der Waals surface area contributed by atoms with Gasteiger partial charge in [-0.3, -0.25) is 4.68 Å². The van der Waals surface area contributed by atoms with Crippen LogP contribution in [0.4, 0.5) is 0 Å². The van der Waals surface area contributed by atoms with Crippen LogP contribution in [-0.2, 0) is 13.1 Å². The van der Waals surface area contributed by atoms with Gasteiger partial charge >= 0.3 is 0 Å². The van der Waals surface area contributed by atoms with E-state index in [1.54, 1.807) is 0 Å². The van der Waals surface area contributed by atoms with E-state index in [0.29, 0.717) is 6.54 Å². The van der Waals surface area contributed by atoms with Crippen molar-refractivity contribution in [2.24, 2.45) is 0 Å². The van der Waals surface area contributed by atoms with Crippen LogP contribution in [-0.4, -0.2) is 52.1 Å². The fourth-order valence-electron chi connectivity index (χ4n) is 3.72. The Labute approximate surface area is 167 Å². The van der Waals surface area contributed by atoms with Crippen molar-refractivity contribution in [2.75, 3.05) is 26.2 Å². The fraction of sp³-hybridized carbons (Fsp3) is 0.571. The minimum Gasteiger partial charge on any atom is -0.393 e. The Kier molecular flexibility index (Phi) is 7.30. The van der Waals surface area contributed by atoms with Crippen molar-refractivity contribution in [2.45, 2.75) is 52.3 Å². The quantitative estimate of drug-likeness (QED) is 0.680. The molecule has 0 aliphatic carbocycles. The highest BCUT2D eigenvalue weighted by atomic mass is 35.5. The van der Waals surface area contributed by atoms with Crippen molar-refractivity contribution in [1.82, 2.24) is 20.0 Å². The number of aliphatic hydroxyl groups excluding tert-OH is 1. The van der Waals surface area contributed by atoms with Crippen molar-refractivity contribution < 1.29 is 5.11 Å². The lowest BCUT2D eigenvalue weighted by atomic mass is 10.1. The average Bonchev–Trinajstić information content (AvgIpc) is 2.92. The van der Waals surface area contributed by atoms with E-state index in [9.17, 15) is 5.11 Å². The summed E-state index contributed by atoms with van der Waals surface area (Å²) in [7, 11) is 0. The molecular weight excluding hydrogens is 360 g/mol. The van der Waals surface area contributed by atoms with Gasteiger partial charge in [-0.15, -0.1) is 0 Å². The molecule has 148 valence electrons. The second-order valence-electron chi connectivity index (χ2n) is 7.50. The van der Waals surface area contributed by atoms with Crippen LogP contribution < -0.4 is 5.32 Å². The molecular formula is C21H31ClN4O. The summed E-state index contributed by atoms with van der Waals surface area (Å²) in [6.45, 7) is 9.89. The number of rotatable bonds is 8. The maximum atomic E-state index is 9.57. The lowest BCUT2D eigenvalue weighted by molar-refractivity contribution is 0.0821. The summed E-state index contributed by atoms with van der Waals surface area (Å²) < 4.78 is 2.05. The molecule has 27 heavy (non-hydrogen) atoms. The lowest BCUT2D eigenvalue weighted by Crippen LogP contribution is -2.37. The van der Waals surface area contributed by atoms with Gasteiger partial charge in [-0.2, -0.15) is 5.10 Å². The molecule has 0 bridgehead atoms. The Bertz CT molecular complexity index is 738. The number of nitrogens with one attached hydrogen (secondary N) is 1. The molecule has 1 aliphatic rings. The summed E-state index contributed by atoms with van der Waals surface area (Å²) in [5, 5.41) is 18.6. The minimum absolute atomic E-state index is 0.0902. The Morgan fingerprint density at radius 1 is 1.22 bits per heavy atom. The van der Waals surface area contributed by atoms with Gasteiger partial charge in [-0.05, 0) is 57.8 Å². The number of halogens is 1. The molecule has 0 atom stereocenters. The van der Waals surface area contributed by atoms with Gasteiger partial charge in [0.25, 0.3) is 0 Å². The number of hydrogen-bond acceptors (Lipinski definition) is 4. The average molecular weight is 391 g/mol. The Hall–Kier alpha value is -1.40. The first-order valence-corrected chi connectivity index (χ1v) is 10.3. The van der Waals surface area contributed by atoms with E-state index in [-0.39, 0.29) is 6.10 Å². The van der Waals surface area contributed by atoms with Crippen LogP contribution in [0.5, 0.6) is 0 Å². The van der Waals surface area contributed by atoms with Crippen molar-refractivity contribution in [3.8, 4) is 0 Å². The zero-order chi connectivity index (χ0) is 19.2. The number of aromatic nitrogens is 2. The van der Waals surface area contributed by atoms with E-state index in [1.165, 1.54) is 11.3 Å². The number of nitrogens with zero attached hydrogens (tertiary/aromatic N) is 3. The molecule has 1 aliphatic heterocycles. The molecule has 0 amide bonds. The van der Waals surface area contributed by atoms with E-state index in [1.807, 2.05) is 22.9 Å². The van der Waals surface area contributed by atoms with Crippen LogP contribution in [0, 0.1) is 13.8 Å². The number of aliphatic hydroxyl groups is 1. The summed E-state index contributed by atoms with van der Waals surface area (Å²) in [6.07, 6.45) is 2.86. The highest BCUT2D eigenvalue weighted by molar-refractivity contribution is 6.31. The highest BCUT2D eigenvalue weighted by Crippen LogP contribution is 2.19. The third-order valence-corrected chi connectivity index (χ3v) is 5.86. The maximum absolute atomic E-state index is 9.57. The minimum atomic E-state index is -0.0902. The summed E-state index contributed by atoms with van der Waals surface area (Å²) in [5.41, 5.74) is 4.65. The van der Waals surface area contributed by atoms with E-state index >= 15 is 0 Å². The molecule has 6 heteroatoms. The summed E-state index contributed by atoms with van der Waals surface area (Å²) >= 11 is 6.29. The van der Waals surface area contributed by atoms with Gasteiger partial charge in [0.1, 0.15) is 0 Å². The Morgan fingerprint density at radius 2 is 1.96 bits per heavy atom. The molecule has 1 fully saturated rings. The second kappa shape index (κ2) is 9.69. The van der Waals surface area contributed by atoms with Crippen LogP contribution in [0.1, 0.15) is 41.8 Å². The van der Waals surface area contributed by atoms with Crippen molar-refractivity contribution >= 4 is 11.6 Å². The summed E-state index contributed by atoms with van der Waals surface area (Å²) in [6, 6.07) is 7.94. The van der Waals surface area contributed by atoms with Gasteiger partial charge in [0.15, 0.2) is 0 Å². The summed E-state index contributed by atoms with van der Waals surface area (Å²) in [4.78, 5) is 2.45. The van der Waals surface area contributed by atoms with Gasteiger partial charge < -0.3 is 15.3 Å². The first kappa shape index (κ1) is 20.3. The largest absolute Gasteiger partial charge is 0.393 e. The lowest BCUT2D eigenvalue weighted by Gasteiger charge is -2.29. The number of benzene rings is 1. The van der Waals surface area contributed by atoms with Crippen molar-refractivity contribution in [1.29, 1.82) is 0 Å². The van der Waals surface area contributed by atoms with Gasteiger partial charge in [-0.25, -0.2) is 0 Å². The van der Waals surface area contributed by atoms with Crippen LogP contribution in [0.15, 0.2) is 24.3 Å². The van der Waals surface area contributed by atoms with Crippen LogP contribution >= 0.6 is 11.6 Å². The standard InChI is InChI=1S/C21H31ClN4O/c1-16-20(14-23-10-5-11-25-12-8-19(27)9-13-25)17(2)26(24-16)15-18-6-3-4-7-21(18)22/h3-4,6-7,19,23,27H,5,8-15H2,1-2H3. The predicted octanol–water partition coefficient (Wildman–Crippen LogP) is 3.14. The van der Waals surface area contributed by atoms with Crippen molar-refractivity contribution in [3.63, 3.8) is 0 Å². The monoisotopic (exact) mass is 390 g/mol. The third-order valence-electron chi connectivity index (χ3n) is 5.50. The highest BCUT2D eigenvalue weighted by Gasteiger charge is 2.16. The smallest absolute Gasteiger partial charge is 0.0677 e. The van der Waals surface area contributed by atoms with Gasteiger partial charge in [-0.1, -0.05) is 29.8 Å². The molecule has 5 nitrogen and oxygen atoms in total. The second-order valence-corrected chi connectivity index (χ2v) is 7.91. The fourth-order valence-corrected chi connectivity index (χ4v) is 3.91. The molecule has 0 saturated carbocycles. The molecule has 2 heterocycles. The SMILES string of the molecule is Cc1nn(Cc2ccccc2Cl)c(C)c1CNCCCN1CCC(O)CC1. The van der Waals surface area contributed by atoms with Crippen LogP contribution in [0.2, 0.25) is 5.02 Å². The molecule has 0 radical (unpaired) electrons. The van der Waals surface area contributed by atoms with Gasteiger partial charge in [0.05, 0.1) is 18.3 Å². The van der Waals surface area contributed by atoms with Crippen LogP contribution in [0.25, 0.3) is 0 Å². The number of hydrogen-bond donors (Lipinski definition) is 2. The first-order chi connectivity index (χ1) is 13.0. The molecule has 2 aromatic rings. The van der Waals surface area contributed by atoms with Gasteiger partial charge in [0, 0.05) is 35.9 Å². The molecule has 2 N–H and O–H groups in total. The normalized spacial score (nSPS) is 16.1. The van der Waals surface area contributed by atoms with E-state index in [0.717, 1.165) is 68.3 Å². The van der Waals surface area contributed by atoms with Gasteiger partial charge in [0.2, 0.25) is 0 Å². The molecule has 0 spiro atoms. The summed E-state index contributed by atoms with van der Waals surface area (Å²) in [5.74, 6) is 0. The van der Waals surface area contributed by atoms with Crippen LogP contribution in [0.3, 0.4) is 0 Å². The molecule has 1 saturated heterocycles. The molecule has 1 aromatic heterocycles. The first-order valence-electron chi connectivity index (χ1n) is 9.92. The van der Waals surface area contributed by atoms with E-state index < -0.39 is 0 Å². The van der Waals surface area contributed by atoms with E-state index in [4.69, 9.17) is 16.7 Å². The number of aryl methyl sites for hydroxylation is 1. The van der Waals surface area contributed by atoms with Crippen molar-refractivity contribution in [3.05, 3.63) is 51.8 Å². The number of piperidine rings is 1. The Morgan fingerprint density at radius 3 is 2.70 bits per heavy atom. The predicted molar refractivity (Wildman–Crippen MR) is 110 cm³/mol.